The lowest BCUT2D eigenvalue weighted by Crippen LogP contribution is -2.32. The average molecular weight is 283 g/mol. The van der Waals surface area contributed by atoms with Gasteiger partial charge in [-0.15, -0.1) is 0 Å². The lowest BCUT2D eigenvalue weighted by molar-refractivity contribution is -0.142. The molecule has 2 rings (SSSR count). The molecule has 6 heteroatoms. The first kappa shape index (κ1) is 14.4. The number of nitrogens with zero attached hydrogens (tertiary/aromatic N) is 1. The minimum Gasteiger partial charge on any atom is -0.481 e. The van der Waals surface area contributed by atoms with Crippen molar-refractivity contribution < 1.29 is 23.5 Å². The van der Waals surface area contributed by atoms with Gasteiger partial charge in [0.05, 0.1) is 11.8 Å². The maximum absolute atomic E-state index is 13.1. The Morgan fingerprint density at radius 1 is 1.30 bits per heavy atom. The molecule has 1 aliphatic carbocycles. The molecule has 0 radical (unpaired) electrons. The molecule has 2 unspecified atom stereocenters. The molecule has 0 aliphatic heterocycles. The molecular weight excluding hydrogens is 268 g/mol. The van der Waals surface area contributed by atoms with Gasteiger partial charge >= 0.3 is 5.97 Å². The van der Waals surface area contributed by atoms with Crippen LogP contribution in [-0.4, -0.2) is 28.4 Å². The van der Waals surface area contributed by atoms with Crippen LogP contribution in [0.4, 0.5) is 8.78 Å². The Morgan fingerprint density at radius 2 is 2.00 bits per heavy atom. The number of carboxylic acid groups (broad SMARTS) is 1. The summed E-state index contributed by atoms with van der Waals surface area (Å²) in [4.78, 5) is 24.3. The zero-order valence-corrected chi connectivity index (χ0v) is 11.0. The Morgan fingerprint density at radius 3 is 2.50 bits per heavy atom. The van der Waals surface area contributed by atoms with Crippen LogP contribution in [0.5, 0.6) is 0 Å². The van der Waals surface area contributed by atoms with E-state index in [0.29, 0.717) is 18.5 Å². The first-order valence-electron chi connectivity index (χ1n) is 6.39. The van der Waals surface area contributed by atoms with Crippen LogP contribution in [0.1, 0.15) is 18.9 Å². The van der Waals surface area contributed by atoms with Gasteiger partial charge in [0, 0.05) is 13.1 Å². The summed E-state index contributed by atoms with van der Waals surface area (Å²) in [6.07, 6.45) is 0.350. The van der Waals surface area contributed by atoms with Gasteiger partial charge in [-0.1, -0.05) is 6.07 Å². The fraction of sp³-hybridized carbons (Fsp3) is 0.429. The minimum absolute atomic E-state index is 0.148. The molecule has 1 aromatic rings. The lowest BCUT2D eigenvalue weighted by Gasteiger charge is -2.21. The van der Waals surface area contributed by atoms with Gasteiger partial charge < -0.3 is 10.0 Å². The van der Waals surface area contributed by atoms with E-state index in [-0.39, 0.29) is 12.5 Å². The normalized spacial score (nSPS) is 20.6. The second-order valence-corrected chi connectivity index (χ2v) is 4.89. The number of rotatable bonds is 5. The molecule has 108 valence electrons. The highest BCUT2D eigenvalue weighted by Gasteiger charge is 2.49. The smallest absolute Gasteiger partial charge is 0.307 e. The summed E-state index contributed by atoms with van der Waals surface area (Å²) >= 11 is 0. The summed E-state index contributed by atoms with van der Waals surface area (Å²) in [7, 11) is 0. The van der Waals surface area contributed by atoms with E-state index >= 15 is 0 Å². The van der Waals surface area contributed by atoms with Gasteiger partial charge in [0.1, 0.15) is 0 Å². The highest BCUT2D eigenvalue weighted by molar-refractivity contribution is 5.89. The highest BCUT2D eigenvalue weighted by atomic mass is 19.2. The number of benzene rings is 1. The predicted molar refractivity (Wildman–Crippen MR) is 66.7 cm³/mol. The lowest BCUT2D eigenvalue weighted by atomic mass is 10.2. The largest absolute Gasteiger partial charge is 0.481 e. The second kappa shape index (κ2) is 5.56. The first-order valence-corrected chi connectivity index (χ1v) is 6.39. The van der Waals surface area contributed by atoms with E-state index in [0.717, 1.165) is 12.1 Å². The number of carbonyl (C=O) groups excluding carboxylic acids is 1. The summed E-state index contributed by atoms with van der Waals surface area (Å²) in [5, 5.41) is 8.82. The van der Waals surface area contributed by atoms with E-state index < -0.39 is 29.4 Å². The minimum atomic E-state index is -0.966. The molecule has 1 amide bonds. The van der Waals surface area contributed by atoms with Crippen molar-refractivity contribution in [2.75, 3.05) is 6.54 Å². The van der Waals surface area contributed by atoms with Crippen molar-refractivity contribution in [3.63, 3.8) is 0 Å². The van der Waals surface area contributed by atoms with Crippen LogP contribution in [0.3, 0.4) is 0 Å². The summed E-state index contributed by atoms with van der Waals surface area (Å²) in [6, 6.07) is 3.48. The van der Waals surface area contributed by atoms with Crippen molar-refractivity contribution in [1.82, 2.24) is 4.90 Å². The molecule has 0 saturated heterocycles. The van der Waals surface area contributed by atoms with E-state index in [1.165, 1.54) is 11.0 Å². The molecule has 0 bridgehead atoms. The summed E-state index contributed by atoms with van der Waals surface area (Å²) < 4.78 is 26.0. The van der Waals surface area contributed by atoms with Crippen LogP contribution in [-0.2, 0) is 16.1 Å². The molecular formula is C14H15F2NO3. The third-order valence-corrected chi connectivity index (χ3v) is 3.48. The Labute approximate surface area is 115 Å². The number of amides is 1. The van der Waals surface area contributed by atoms with E-state index in [9.17, 15) is 18.4 Å². The number of hydrogen-bond acceptors (Lipinski definition) is 2. The average Bonchev–Trinajstić information content (AvgIpc) is 3.19. The van der Waals surface area contributed by atoms with Gasteiger partial charge in [0.2, 0.25) is 5.91 Å². The van der Waals surface area contributed by atoms with Gasteiger partial charge in [-0.05, 0) is 31.0 Å². The van der Waals surface area contributed by atoms with Crippen molar-refractivity contribution >= 4 is 11.9 Å². The Balaban J connectivity index is 2.04. The second-order valence-electron chi connectivity index (χ2n) is 4.89. The molecule has 4 nitrogen and oxygen atoms in total. The standard InChI is InChI=1S/C14H15F2NO3/c1-2-17(13(18)9-6-10(9)14(19)20)7-8-3-4-11(15)12(16)5-8/h3-5,9-10H,2,6-7H2,1H3,(H,19,20). The molecule has 0 heterocycles. The number of carboxylic acids is 1. The number of aliphatic carboxylic acids is 1. The van der Waals surface area contributed by atoms with Crippen molar-refractivity contribution in [3.8, 4) is 0 Å². The van der Waals surface area contributed by atoms with Gasteiger partial charge in [-0.25, -0.2) is 8.78 Å². The van der Waals surface area contributed by atoms with Crippen molar-refractivity contribution in [1.29, 1.82) is 0 Å². The maximum Gasteiger partial charge on any atom is 0.307 e. The zero-order valence-electron chi connectivity index (χ0n) is 11.0. The predicted octanol–water partition coefficient (Wildman–Crippen LogP) is 2.03. The monoisotopic (exact) mass is 283 g/mol. The number of hydrogen-bond donors (Lipinski definition) is 1. The van der Waals surface area contributed by atoms with E-state index in [2.05, 4.69) is 0 Å². The molecule has 0 aromatic heterocycles. The third-order valence-electron chi connectivity index (χ3n) is 3.48. The fourth-order valence-electron chi connectivity index (χ4n) is 2.18. The molecule has 2 atom stereocenters. The third kappa shape index (κ3) is 2.95. The fourth-order valence-corrected chi connectivity index (χ4v) is 2.18. The van der Waals surface area contributed by atoms with Crippen LogP contribution >= 0.6 is 0 Å². The zero-order chi connectivity index (χ0) is 14.9. The molecule has 1 saturated carbocycles. The maximum atomic E-state index is 13.1. The Kier molecular flexibility index (Phi) is 4.01. The van der Waals surface area contributed by atoms with Crippen LogP contribution in [0.2, 0.25) is 0 Å². The van der Waals surface area contributed by atoms with Crippen LogP contribution in [0, 0.1) is 23.5 Å². The summed E-state index contributed by atoms with van der Waals surface area (Å²) in [6.45, 7) is 2.30. The number of carbonyl (C=O) groups is 2. The Hall–Kier alpha value is -1.98. The van der Waals surface area contributed by atoms with Crippen molar-refractivity contribution in [2.24, 2.45) is 11.8 Å². The van der Waals surface area contributed by atoms with Crippen LogP contribution in [0.15, 0.2) is 18.2 Å². The van der Waals surface area contributed by atoms with Gasteiger partial charge in [-0.2, -0.15) is 0 Å². The molecule has 1 aliphatic rings. The molecule has 20 heavy (non-hydrogen) atoms. The van der Waals surface area contributed by atoms with E-state index in [1.807, 2.05) is 0 Å². The van der Waals surface area contributed by atoms with Crippen molar-refractivity contribution in [3.05, 3.63) is 35.4 Å². The molecule has 0 spiro atoms. The first-order chi connectivity index (χ1) is 9.43. The van der Waals surface area contributed by atoms with Gasteiger partial charge in [-0.3, -0.25) is 9.59 Å². The molecule has 1 fully saturated rings. The van der Waals surface area contributed by atoms with Crippen LogP contribution < -0.4 is 0 Å². The highest BCUT2D eigenvalue weighted by Crippen LogP contribution is 2.40. The molecule has 1 aromatic carbocycles. The number of halogens is 2. The molecule has 1 N–H and O–H groups in total. The van der Waals surface area contributed by atoms with Gasteiger partial charge in [0.25, 0.3) is 0 Å². The van der Waals surface area contributed by atoms with Crippen molar-refractivity contribution in [2.45, 2.75) is 19.9 Å². The summed E-state index contributed by atoms with van der Waals surface area (Å²) in [5.74, 6) is -4.20. The SMILES string of the molecule is CCN(Cc1ccc(F)c(F)c1)C(=O)C1CC1C(=O)O. The van der Waals surface area contributed by atoms with E-state index in [4.69, 9.17) is 5.11 Å². The Bertz CT molecular complexity index is 547. The topological polar surface area (TPSA) is 57.6 Å². The van der Waals surface area contributed by atoms with Gasteiger partial charge in [0.15, 0.2) is 11.6 Å². The van der Waals surface area contributed by atoms with Crippen LogP contribution in [0.25, 0.3) is 0 Å². The summed E-state index contributed by atoms with van der Waals surface area (Å²) in [5.41, 5.74) is 0.478. The van der Waals surface area contributed by atoms with E-state index in [1.54, 1.807) is 6.92 Å². The quantitative estimate of drug-likeness (QED) is 0.899.